The number of rotatable bonds is 2. The van der Waals surface area contributed by atoms with Crippen molar-refractivity contribution in [1.29, 1.82) is 0 Å². The third-order valence-electron chi connectivity index (χ3n) is 6.43. The van der Waals surface area contributed by atoms with E-state index in [0.717, 1.165) is 17.5 Å². The first-order valence-corrected chi connectivity index (χ1v) is 10.9. The first kappa shape index (κ1) is 21.2. The standard InChI is InChI=1S/C25H27N3O2S/c1-15-8-6-7-9-20(15)28-23(30)19(22(29)26-24(28)31)13-17-10-11-21-18(12-17)16(2)14-25(3,4)27(21)5/h6-13,16H,14H2,1-5H3,(H,26,29,31)/b19-13+/t16-/m0/s1. The molecule has 0 bridgehead atoms. The molecule has 1 saturated heterocycles. The topological polar surface area (TPSA) is 52.7 Å². The van der Waals surface area contributed by atoms with Crippen LogP contribution in [0.2, 0.25) is 0 Å². The lowest BCUT2D eigenvalue weighted by Crippen LogP contribution is -2.54. The van der Waals surface area contributed by atoms with Crippen molar-refractivity contribution in [3.8, 4) is 0 Å². The lowest BCUT2D eigenvalue weighted by Gasteiger charge is -2.45. The smallest absolute Gasteiger partial charge is 0.270 e. The molecule has 2 amide bonds. The average molecular weight is 434 g/mol. The van der Waals surface area contributed by atoms with Gasteiger partial charge in [0.15, 0.2) is 5.11 Å². The van der Waals surface area contributed by atoms with Gasteiger partial charge in [0.1, 0.15) is 5.57 Å². The first-order chi connectivity index (χ1) is 14.6. The minimum Gasteiger partial charge on any atom is -0.369 e. The number of carbonyl (C=O) groups is 2. The zero-order valence-electron chi connectivity index (χ0n) is 18.5. The summed E-state index contributed by atoms with van der Waals surface area (Å²) in [6, 6.07) is 13.6. The molecule has 31 heavy (non-hydrogen) atoms. The van der Waals surface area contributed by atoms with E-state index in [1.807, 2.05) is 37.3 Å². The van der Waals surface area contributed by atoms with Gasteiger partial charge in [-0.1, -0.05) is 31.2 Å². The Bertz CT molecular complexity index is 1140. The monoisotopic (exact) mass is 433 g/mol. The molecule has 5 nitrogen and oxygen atoms in total. The quantitative estimate of drug-likeness (QED) is 0.429. The molecule has 1 N–H and O–H groups in total. The summed E-state index contributed by atoms with van der Waals surface area (Å²) < 4.78 is 0. The van der Waals surface area contributed by atoms with Gasteiger partial charge in [-0.3, -0.25) is 19.8 Å². The largest absolute Gasteiger partial charge is 0.369 e. The van der Waals surface area contributed by atoms with Gasteiger partial charge in [0.2, 0.25) is 0 Å². The fourth-order valence-electron chi connectivity index (χ4n) is 4.54. The highest BCUT2D eigenvalue weighted by Gasteiger charge is 2.36. The van der Waals surface area contributed by atoms with Crippen molar-refractivity contribution in [3.05, 3.63) is 64.7 Å². The summed E-state index contributed by atoms with van der Waals surface area (Å²) in [5.74, 6) is -0.498. The summed E-state index contributed by atoms with van der Waals surface area (Å²) in [5.41, 5.74) is 4.98. The Hall–Kier alpha value is -2.99. The Morgan fingerprint density at radius 3 is 2.55 bits per heavy atom. The highest BCUT2D eigenvalue weighted by Crippen LogP contribution is 2.42. The second-order valence-electron chi connectivity index (χ2n) is 9.04. The van der Waals surface area contributed by atoms with Crippen molar-refractivity contribution in [3.63, 3.8) is 0 Å². The van der Waals surface area contributed by atoms with E-state index < -0.39 is 11.8 Å². The van der Waals surface area contributed by atoms with Gasteiger partial charge in [-0.15, -0.1) is 0 Å². The van der Waals surface area contributed by atoms with Crippen LogP contribution < -0.4 is 15.1 Å². The number of hydrogen-bond donors (Lipinski definition) is 1. The number of aryl methyl sites for hydroxylation is 1. The van der Waals surface area contributed by atoms with Crippen LogP contribution in [-0.4, -0.2) is 29.5 Å². The summed E-state index contributed by atoms with van der Waals surface area (Å²) in [6.45, 7) is 8.63. The van der Waals surface area contributed by atoms with Crippen LogP contribution in [0.3, 0.4) is 0 Å². The number of carbonyl (C=O) groups excluding carboxylic acids is 2. The maximum absolute atomic E-state index is 13.3. The zero-order chi connectivity index (χ0) is 22.5. The molecule has 2 aliphatic rings. The van der Waals surface area contributed by atoms with Crippen LogP contribution in [0.5, 0.6) is 0 Å². The predicted octanol–water partition coefficient (Wildman–Crippen LogP) is 4.55. The van der Waals surface area contributed by atoms with E-state index in [4.69, 9.17) is 12.2 Å². The summed E-state index contributed by atoms with van der Waals surface area (Å²) in [4.78, 5) is 29.6. The number of nitrogens with zero attached hydrogens (tertiary/aromatic N) is 2. The van der Waals surface area contributed by atoms with E-state index in [2.05, 4.69) is 50.2 Å². The van der Waals surface area contributed by atoms with Crippen molar-refractivity contribution in [1.82, 2.24) is 5.32 Å². The number of amides is 2. The van der Waals surface area contributed by atoms with Gasteiger partial charge >= 0.3 is 0 Å². The normalized spacial score (nSPS) is 21.9. The van der Waals surface area contributed by atoms with E-state index in [1.165, 1.54) is 16.2 Å². The molecular formula is C25H27N3O2S. The number of nitrogens with one attached hydrogen (secondary N) is 1. The summed E-state index contributed by atoms with van der Waals surface area (Å²) >= 11 is 5.31. The molecule has 2 aromatic carbocycles. The SMILES string of the molecule is Cc1ccccc1N1C(=O)/C(=C/c2ccc3c(c2)[C@@H](C)CC(C)(C)N3C)C(=O)NC1=S. The Labute approximate surface area is 188 Å². The minimum atomic E-state index is -0.469. The summed E-state index contributed by atoms with van der Waals surface area (Å²) in [6.07, 6.45) is 2.70. The van der Waals surface area contributed by atoms with Crippen molar-refractivity contribution < 1.29 is 9.59 Å². The molecule has 0 aliphatic carbocycles. The lowest BCUT2D eigenvalue weighted by atomic mass is 9.80. The Balaban J connectivity index is 1.74. The number of thiocarbonyl (C=S) groups is 1. The van der Waals surface area contributed by atoms with Gasteiger partial charge in [0.25, 0.3) is 11.8 Å². The molecular weight excluding hydrogens is 406 g/mol. The molecule has 4 rings (SSSR count). The van der Waals surface area contributed by atoms with E-state index in [1.54, 1.807) is 6.08 Å². The van der Waals surface area contributed by atoms with Crippen LogP contribution in [0.15, 0.2) is 48.0 Å². The van der Waals surface area contributed by atoms with E-state index in [9.17, 15) is 9.59 Å². The second kappa shape index (κ2) is 7.61. The average Bonchev–Trinajstić information content (AvgIpc) is 2.70. The molecule has 2 aromatic rings. The number of anilines is 2. The fraction of sp³-hybridized carbons (Fsp3) is 0.320. The van der Waals surface area contributed by atoms with Gasteiger partial charge < -0.3 is 4.90 Å². The van der Waals surface area contributed by atoms with Gasteiger partial charge in [-0.05, 0) is 86.3 Å². The first-order valence-electron chi connectivity index (χ1n) is 10.4. The van der Waals surface area contributed by atoms with Crippen molar-refractivity contribution in [2.45, 2.75) is 45.6 Å². The summed E-state index contributed by atoms with van der Waals surface area (Å²) in [7, 11) is 2.11. The number of benzene rings is 2. The van der Waals surface area contributed by atoms with Crippen molar-refractivity contribution in [2.24, 2.45) is 0 Å². The lowest BCUT2D eigenvalue weighted by molar-refractivity contribution is -0.122. The van der Waals surface area contributed by atoms with E-state index >= 15 is 0 Å². The number of hydrogen-bond acceptors (Lipinski definition) is 4. The predicted molar refractivity (Wildman–Crippen MR) is 129 cm³/mol. The van der Waals surface area contributed by atoms with Crippen molar-refractivity contribution in [2.75, 3.05) is 16.8 Å². The Kier molecular flexibility index (Phi) is 5.21. The Morgan fingerprint density at radius 2 is 1.84 bits per heavy atom. The fourth-order valence-corrected chi connectivity index (χ4v) is 4.82. The highest BCUT2D eigenvalue weighted by molar-refractivity contribution is 7.80. The van der Waals surface area contributed by atoms with Crippen LogP contribution >= 0.6 is 12.2 Å². The molecule has 160 valence electrons. The van der Waals surface area contributed by atoms with Gasteiger partial charge in [-0.25, -0.2) is 0 Å². The number of fused-ring (bicyclic) bond motifs is 1. The molecule has 2 heterocycles. The Morgan fingerprint density at radius 1 is 1.13 bits per heavy atom. The summed E-state index contributed by atoms with van der Waals surface area (Å²) in [5, 5.41) is 2.77. The molecule has 0 aromatic heterocycles. The third kappa shape index (κ3) is 3.65. The maximum atomic E-state index is 13.3. The van der Waals surface area contributed by atoms with Gasteiger partial charge in [0.05, 0.1) is 5.69 Å². The van der Waals surface area contributed by atoms with Crippen LogP contribution in [-0.2, 0) is 9.59 Å². The van der Waals surface area contributed by atoms with E-state index in [-0.39, 0.29) is 16.2 Å². The minimum absolute atomic E-state index is 0.0777. The molecule has 1 atom stereocenters. The molecule has 0 unspecified atom stereocenters. The molecule has 1 fully saturated rings. The highest BCUT2D eigenvalue weighted by atomic mass is 32.1. The van der Waals surface area contributed by atoms with Crippen LogP contribution in [0.1, 0.15) is 49.8 Å². The zero-order valence-corrected chi connectivity index (χ0v) is 19.3. The number of para-hydroxylation sites is 1. The van der Waals surface area contributed by atoms with Gasteiger partial charge in [-0.2, -0.15) is 0 Å². The molecule has 0 saturated carbocycles. The maximum Gasteiger partial charge on any atom is 0.270 e. The van der Waals surface area contributed by atoms with Crippen molar-refractivity contribution >= 4 is 46.6 Å². The van der Waals surface area contributed by atoms with Gasteiger partial charge in [0, 0.05) is 18.3 Å². The van der Waals surface area contributed by atoms with E-state index in [0.29, 0.717) is 11.6 Å². The molecule has 2 aliphatic heterocycles. The molecule has 6 heteroatoms. The molecule has 0 radical (unpaired) electrons. The van der Waals surface area contributed by atoms with Crippen LogP contribution in [0.4, 0.5) is 11.4 Å². The van der Waals surface area contributed by atoms with Crippen LogP contribution in [0.25, 0.3) is 6.08 Å². The second-order valence-corrected chi connectivity index (χ2v) is 9.43. The van der Waals surface area contributed by atoms with Crippen LogP contribution in [0, 0.1) is 6.92 Å². The molecule has 0 spiro atoms. The third-order valence-corrected chi connectivity index (χ3v) is 6.71.